The Bertz CT molecular complexity index is 453. The number of hydrogen-bond acceptors (Lipinski definition) is 3. The van der Waals surface area contributed by atoms with Crippen LogP contribution in [0.25, 0.3) is 11.1 Å². The standard InChI is InChI=1S/C13H16N2O2/c1-17-10-13(16)9-15-8-12(7-14-15)11-5-3-2-4-6-11/h2-8,13,16H,9-10H2,1H3. The Morgan fingerprint density at radius 1 is 1.29 bits per heavy atom. The van der Waals surface area contributed by atoms with Crippen LogP contribution in [0.15, 0.2) is 42.7 Å². The van der Waals surface area contributed by atoms with E-state index in [1.807, 2.05) is 36.5 Å². The largest absolute Gasteiger partial charge is 0.389 e. The van der Waals surface area contributed by atoms with Crippen LogP contribution in [0.3, 0.4) is 0 Å². The van der Waals surface area contributed by atoms with Gasteiger partial charge < -0.3 is 9.84 Å². The summed E-state index contributed by atoms with van der Waals surface area (Å²) in [6.07, 6.45) is 3.20. The van der Waals surface area contributed by atoms with Gasteiger partial charge in [-0.25, -0.2) is 0 Å². The van der Waals surface area contributed by atoms with Crippen LogP contribution in [0, 0.1) is 0 Å². The van der Waals surface area contributed by atoms with E-state index in [0.29, 0.717) is 13.2 Å². The lowest BCUT2D eigenvalue weighted by Gasteiger charge is -2.08. The van der Waals surface area contributed by atoms with Crippen molar-refractivity contribution in [1.82, 2.24) is 9.78 Å². The van der Waals surface area contributed by atoms with E-state index in [-0.39, 0.29) is 0 Å². The highest BCUT2D eigenvalue weighted by atomic mass is 16.5. The molecule has 1 heterocycles. The van der Waals surface area contributed by atoms with Gasteiger partial charge in [-0.2, -0.15) is 5.10 Å². The maximum absolute atomic E-state index is 9.60. The third kappa shape index (κ3) is 3.15. The van der Waals surface area contributed by atoms with E-state index in [0.717, 1.165) is 11.1 Å². The predicted molar refractivity (Wildman–Crippen MR) is 65.5 cm³/mol. The van der Waals surface area contributed by atoms with Crippen LogP contribution >= 0.6 is 0 Å². The first kappa shape index (κ1) is 11.8. The summed E-state index contributed by atoms with van der Waals surface area (Å²) in [5.74, 6) is 0. The molecule has 0 fully saturated rings. The van der Waals surface area contributed by atoms with E-state index < -0.39 is 6.10 Å². The minimum Gasteiger partial charge on any atom is -0.389 e. The summed E-state index contributed by atoms with van der Waals surface area (Å²) < 4.78 is 6.60. The van der Waals surface area contributed by atoms with Gasteiger partial charge in [0.1, 0.15) is 0 Å². The molecule has 0 aliphatic carbocycles. The molecule has 0 spiro atoms. The van der Waals surface area contributed by atoms with Gasteiger partial charge in [0.25, 0.3) is 0 Å². The fourth-order valence-corrected chi connectivity index (χ4v) is 1.70. The minimum atomic E-state index is -0.525. The molecule has 0 radical (unpaired) electrons. The molecule has 2 aromatic rings. The van der Waals surface area contributed by atoms with E-state index >= 15 is 0 Å². The number of methoxy groups -OCH3 is 1. The molecule has 0 saturated carbocycles. The first-order chi connectivity index (χ1) is 8.29. The minimum absolute atomic E-state index is 0.320. The lowest BCUT2D eigenvalue weighted by Crippen LogP contribution is -2.21. The SMILES string of the molecule is COCC(O)Cn1cc(-c2ccccc2)cn1. The monoisotopic (exact) mass is 232 g/mol. The molecule has 2 rings (SSSR count). The quantitative estimate of drug-likeness (QED) is 0.851. The van der Waals surface area contributed by atoms with Crippen molar-refractivity contribution >= 4 is 0 Å². The van der Waals surface area contributed by atoms with Crippen LogP contribution < -0.4 is 0 Å². The number of rotatable bonds is 5. The molecule has 0 aliphatic heterocycles. The molecule has 0 aliphatic rings. The average molecular weight is 232 g/mol. The summed E-state index contributed by atoms with van der Waals surface area (Å²) in [5, 5.41) is 13.8. The maximum atomic E-state index is 9.60. The van der Waals surface area contributed by atoms with Gasteiger partial charge in [0, 0.05) is 18.9 Å². The van der Waals surface area contributed by atoms with Crippen molar-refractivity contribution in [3.8, 4) is 11.1 Å². The van der Waals surface area contributed by atoms with Gasteiger partial charge in [0.15, 0.2) is 0 Å². The van der Waals surface area contributed by atoms with Crippen LogP contribution in [0.5, 0.6) is 0 Å². The Balaban J connectivity index is 2.06. The number of nitrogens with zero attached hydrogens (tertiary/aromatic N) is 2. The van der Waals surface area contributed by atoms with Crippen molar-refractivity contribution in [2.75, 3.05) is 13.7 Å². The fourth-order valence-electron chi connectivity index (χ4n) is 1.70. The Morgan fingerprint density at radius 2 is 2.06 bits per heavy atom. The molecule has 1 aromatic carbocycles. The smallest absolute Gasteiger partial charge is 0.0968 e. The van der Waals surface area contributed by atoms with Gasteiger partial charge in [0.2, 0.25) is 0 Å². The molecule has 90 valence electrons. The van der Waals surface area contributed by atoms with E-state index in [9.17, 15) is 5.11 Å². The molecular formula is C13H16N2O2. The van der Waals surface area contributed by atoms with Gasteiger partial charge in [-0.15, -0.1) is 0 Å². The zero-order valence-electron chi connectivity index (χ0n) is 9.78. The lowest BCUT2D eigenvalue weighted by atomic mass is 10.1. The molecule has 4 nitrogen and oxygen atoms in total. The van der Waals surface area contributed by atoms with Crippen LogP contribution in [0.4, 0.5) is 0 Å². The second-order valence-electron chi connectivity index (χ2n) is 3.93. The molecule has 1 unspecified atom stereocenters. The number of ether oxygens (including phenoxy) is 1. The van der Waals surface area contributed by atoms with Crippen LogP contribution in [-0.4, -0.2) is 34.7 Å². The molecule has 0 saturated heterocycles. The second kappa shape index (κ2) is 5.61. The van der Waals surface area contributed by atoms with Crippen molar-refractivity contribution in [3.63, 3.8) is 0 Å². The first-order valence-corrected chi connectivity index (χ1v) is 5.54. The summed E-state index contributed by atoms with van der Waals surface area (Å²) in [7, 11) is 1.57. The Kier molecular flexibility index (Phi) is 3.90. The van der Waals surface area contributed by atoms with Crippen LogP contribution in [0.2, 0.25) is 0 Å². The van der Waals surface area contributed by atoms with E-state index in [2.05, 4.69) is 5.10 Å². The van der Waals surface area contributed by atoms with Crippen molar-refractivity contribution in [2.24, 2.45) is 0 Å². The number of aliphatic hydroxyl groups is 1. The van der Waals surface area contributed by atoms with Crippen LogP contribution in [0.1, 0.15) is 0 Å². The molecule has 0 bridgehead atoms. The van der Waals surface area contributed by atoms with Gasteiger partial charge in [-0.1, -0.05) is 30.3 Å². The number of benzene rings is 1. The lowest BCUT2D eigenvalue weighted by molar-refractivity contribution is 0.0514. The van der Waals surface area contributed by atoms with Crippen molar-refractivity contribution in [3.05, 3.63) is 42.7 Å². The van der Waals surface area contributed by atoms with Gasteiger partial charge in [-0.3, -0.25) is 4.68 Å². The van der Waals surface area contributed by atoms with E-state index in [1.165, 1.54) is 0 Å². The normalized spacial score (nSPS) is 12.6. The van der Waals surface area contributed by atoms with Crippen molar-refractivity contribution in [1.29, 1.82) is 0 Å². The summed E-state index contributed by atoms with van der Waals surface area (Å²) in [6, 6.07) is 10.0. The van der Waals surface area contributed by atoms with Crippen molar-refractivity contribution in [2.45, 2.75) is 12.6 Å². The molecule has 1 aromatic heterocycles. The van der Waals surface area contributed by atoms with Crippen molar-refractivity contribution < 1.29 is 9.84 Å². The third-order valence-electron chi connectivity index (χ3n) is 2.50. The van der Waals surface area contributed by atoms with Crippen LogP contribution in [-0.2, 0) is 11.3 Å². The van der Waals surface area contributed by atoms with E-state index in [1.54, 1.807) is 18.0 Å². The zero-order chi connectivity index (χ0) is 12.1. The number of hydrogen-bond donors (Lipinski definition) is 1. The molecule has 1 atom stereocenters. The highest BCUT2D eigenvalue weighted by Gasteiger charge is 2.06. The fraction of sp³-hybridized carbons (Fsp3) is 0.308. The summed E-state index contributed by atoms with van der Waals surface area (Å²) in [4.78, 5) is 0. The zero-order valence-corrected chi connectivity index (χ0v) is 9.78. The first-order valence-electron chi connectivity index (χ1n) is 5.54. The molecule has 4 heteroatoms. The predicted octanol–water partition coefficient (Wildman–Crippen LogP) is 1.56. The molecule has 1 N–H and O–H groups in total. The Morgan fingerprint density at radius 3 is 2.76 bits per heavy atom. The summed E-state index contributed by atoms with van der Waals surface area (Å²) in [6.45, 7) is 0.765. The Hall–Kier alpha value is -1.65. The maximum Gasteiger partial charge on any atom is 0.0968 e. The topological polar surface area (TPSA) is 47.3 Å². The molecule has 0 amide bonds. The Labute approximate surface area is 100 Å². The second-order valence-corrected chi connectivity index (χ2v) is 3.93. The highest BCUT2D eigenvalue weighted by molar-refractivity contribution is 5.61. The molecular weight excluding hydrogens is 216 g/mol. The number of aromatic nitrogens is 2. The summed E-state index contributed by atoms with van der Waals surface area (Å²) >= 11 is 0. The summed E-state index contributed by atoms with van der Waals surface area (Å²) in [5.41, 5.74) is 2.18. The highest BCUT2D eigenvalue weighted by Crippen LogP contribution is 2.17. The van der Waals surface area contributed by atoms with Gasteiger partial charge in [0.05, 0.1) is 25.5 Å². The van der Waals surface area contributed by atoms with Gasteiger partial charge >= 0.3 is 0 Å². The molecule has 17 heavy (non-hydrogen) atoms. The van der Waals surface area contributed by atoms with Gasteiger partial charge in [-0.05, 0) is 5.56 Å². The average Bonchev–Trinajstić information content (AvgIpc) is 2.79. The van der Waals surface area contributed by atoms with E-state index in [4.69, 9.17) is 4.74 Å². The third-order valence-corrected chi connectivity index (χ3v) is 2.50. The number of aliphatic hydroxyl groups excluding tert-OH is 1.